The summed E-state index contributed by atoms with van der Waals surface area (Å²) in [5.74, 6) is -1.25. The number of carboxylic acid groups (broad SMARTS) is 1. The van der Waals surface area contributed by atoms with E-state index in [1.807, 2.05) is 10.8 Å². The molecule has 0 unspecified atom stereocenters. The van der Waals surface area contributed by atoms with E-state index in [1.165, 1.54) is 4.90 Å². The maximum absolute atomic E-state index is 11.5. The molecular weight excluding hydrogens is 224 g/mol. The van der Waals surface area contributed by atoms with Crippen LogP contribution in [0, 0.1) is 5.92 Å². The fourth-order valence-electron chi connectivity index (χ4n) is 1.62. The standard InChI is InChI=1S/C10H14N4O3/c15-9(16)8-5-14(6-8)10(17)12-2-4-13-3-1-11-7-13/h1,3,7-8H,2,4-6H2,(H,12,17)(H,15,16). The number of nitrogens with zero attached hydrogens (tertiary/aromatic N) is 3. The maximum Gasteiger partial charge on any atom is 0.317 e. The van der Waals surface area contributed by atoms with E-state index in [0.717, 1.165) is 0 Å². The fraction of sp³-hybridized carbons (Fsp3) is 0.500. The van der Waals surface area contributed by atoms with Crippen molar-refractivity contribution in [2.45, 2.75) is 6.54 Å². The molecule has 0 aliphatic carbocycles. The fourth-order valence-corrected chi connectivity index (χ4v) is 1.62. The predicted octanol–water partition coefficient (Wildman–Crippen LogP) is -0.391. The van der Waals surface area contributed by atoms with Crippen molar-refractivity contribution >= 4 is 12.0 Å². The van der Waals surface area contributed by atoms with Crippen LogP contribution in [0.1, 0.15) is 0 Å². The Balaban J connectivity index is 1.64. The van der Waals surface area contributed by atoms with Gasteiger partial charge in [0.25, 0.3) is 0 Å². The summed E-state index contributed by atoms with van der Waals surface area (Å²) in [6, 6.07) is -0.206. The number of aliphatic carboxylic acids is 1. The molecule has 2 rings (SSSR count). The lowest BCUT2D eigenvalue weighted by Crippen LogP contribution is -2.56. The Hall–Kier alpha value is -2.05. The molecule has 0 saturated carbocycles. The van der Waals surface area contributed by atoms with Crippen LogP contribution < -0.4 is 5.32 Å². The maximum atomic E-state index is 11.5. The van der Waals surface area contributed by atoms with Gasteiger partial charge in [0, 0.05) is 38.6 Å². The molecule has 17 heavy (non-hydrogen) atoms. The number of urea groups is 1. The zero-order valence-electron chi connectivity index (χ0n) is 9.24. The number of imidazole rings is 1. The lowest BCUT2D eigenvalue weighted by molar-refractivity contribution is -0.146. The third-order valence-corrected chi connectivity index (χ3v) is 2.72. The van der Waals surface area contributed by atoms with Crippen LogP contribution in [0.3, 0.4) is 0 Å². The summed E-state index contributed by atoms with van der Waals surface area (Å²) in [6.07, 6.45) is 5.17. The lowest BCUT2D eigenvalue weighted by Gasteiger charge is -2.36. The Morgan fingerprint density at radius 1 is 1.47 bits per heavy atom. The highest BCUT2D eigenvalue weighted by Gasteiger charge is 2.35. The van der Waals surface area contributed by atoms with Gasteiger partial charge in [0.15, 0.2) is 0 Å². The van der Waals surface area contributed by atoms with Crippen LogP contribution in [0.15, 0.2) is 18.7 Å². The molecule has 1 saturated heterocycles. The molecule has 0 atom stereocenters. The Kier molecular flexibility index (Phi) is 3.27. The van der Waals surface area contributed by atoms with Gasteiger partial charge in [-0.15, -0.1) is 0 Å². The monoisotopic (exact) mass is 238 g/mol. The molecule has 0 spiro atoms. The Labute approximate surface area is 98.0 Å². The van der Waals surface area contributed by atoms with E-state index in [1.54, 1.807) is 12.5 Å². The first kappa shape index (κ1) is 11.4. The first-order chi connectivity index (χ1) is 8.16. The van der Waals surface area contributed by atoms with Crippen molar-refractivity contribution in [1.29, 1.82) is 0 Å². The van der Waals surface area contributed by atoms with Crippen LogP contribution in [0.25, 0.3) is 0 Å². The van der Waals surface area contributed by atoms with Crippen LogP contribution in [0.4, 0.5) is 4.79 Å². The topological polar surface area (TPSA) is 87.5 Å². The molecule has 2 heterocycles. The third-order valence-electron chi connectivity index (χ3n) is 2.72. The third kappa shape index (κ3) is 2.74. The van der Waals surface area contributed by atoms with Crippen LogP contribution in [-0.2, 0) is 11.3 Å². The lowest BCUT2D eigenvalue weighted by atomic mass is 10.0. The first-order valence-corrected chi connectivity index (χ1v) is 5.38. The van der Waals surface area contributed by atoms with Gasteiger partial charge in [0.05, 0.1) is 12.2 Å². The zero-order valence-corrected chi connectivity index (χ0v) is 9.24. The van der Waals surface area contributed by atoms with Gasteiger partial charge >= 0.3 is 12.0 Å². The summed E-state index contributed by atoms with van der Waals surface area (Å²) in [5.41, 5.74) is 0. The molecule has 2 N–H and O–H groups in total. The van der Waals surface area contributed by atoms with E-state index in [4.69, 9.17) is 5.11 Å². The van der Waals surface area contributed by atoms with E-state index < -0.39 is 11.9 Å². The number of amides is 2. The van der Waals surface area contributed by atoms with Crippen LogP contribution >= 0.6 is 0 Å². The minimum absolute atomic E-state index is 0.206. The smallest absolute Gasteiger partial charge is 0.317 e. The molecule has 1 fully saturated rings. The first-order valence-electron chi connectivity index (χ1n) is 5.38. The minimum Gasteiger partial charge on any atom is -0.481 e. The molecule has 2 amide bonds. The van der Waals surface area contributed by atoms with Gasteiger partial charge in [0.1, 0.15) is 0 Å². The Morgan fingerprint density at radius 3 is 2.82 bits per heavy atom. The zero-order chi connectivity index (χ0) is 12.3. The Bertz CT molecular complexity index is 398. The van der Waals surface area contributed by atoms with Crippen molar-refractivity contribution in [3.63, 3.8) is 0 Å². The van der Waals surface area contributed by atoms with E-state index >= 15 is 0 Å². The molecule has 1 aliphatic heterocycles. The highest BCUT2D eigenvalue weighted by atomic mass is 16.4. The van der Waals surface area contributed by atoms with Crippen molar-refractivity contribution < 1.29 is 14.7 Å². The average molecular weight is 238 g/mol. The van der Waals surface area contributed by atoms with Gasteiger partial charge in [-0.05, 0) is 0 Å². The molecule has 1 aromatic rings. The number of carbonyl (C=O) groups excluding carboxylic acids is 1. The molecular formula is C10H14N4O3. The number of nitrogens with one attached hydrogen (secondary N) is 1. The second-order valence-corrected chi connectivity index (χ2v) is 3.97. The van der Waals surface area contributed by atoms with Crippen molar-refractivity contribution in [3.8, 4) is 0 Å². The summed E-state index contributed by atoms with van der Waals surface area (Å²) in [5, 5.41) is 11.4. The van der Waals surface area contributed by atoms with Crippen LogP contribution in [0.5, 0.6) is 0 Å². The molecule has 92 valence electrons. The van der Waals surface area contributed by atoms with Gasteiger partial charge in [-0.2, -0.15) is 0 Å². The number of carboxylic acids is 1. The van der Waals surface area contributed by atoms with Gasteiger partial charge in [0.2, 0.25) is 0 Å². The minimum atomic E-state index is -0.840. The highest BCUT2D eigenvalue weighted by Crippen LogP contribution is 2.14. The summed E-state index contributed by atoms with van der Waals surface area (Å²) in [7, 11) is 0. The molecule has 1 aliphatic rings. The molecule has 0 bridgehead atoms. The summed E-state index contributed by atoms with van der Waals surface area (Å²) >= 11 is 0. The number of carbonyl (C=O) groups is 2. The van der Waals surface area contributed by atoms with E-state index in [2.05, 4.69) is 10.3 Å². The number of hydrogen-bond acceptors (Lipinski definition) is 3. The summed E-state index contributed by atoms with van der Waals surface area (Å²) < 4.78 is 1.86. The normalized spacial score (nSPS) is 15.4. The summed E-state index contributed by atoms with van der Waals surface area (Å²) in [6.45, 7) is 1.75. The molecule has 0 aromatic carbocycles. The molecule has 7 heteroatoms. The van der Waals surface area contributed by atoms with Gasteiger partial charge < -0.3 is 19.9 Å². The van der Waals surface area contributed by atoms with Crippen molar-refractivity contribution in [2.24, 2.45) is 5.92 Å². The second kappa shape index (κ2) is 4.86. The number of aromatic nitrogens is 2. The average Bonchev–Trinajstić information content (AvgIpc) is 2.67. The van der Waals surface area contributed by atoms with E-state index in [9.17, 15) is 9.59 Å². The molecule has 1 aromatic heterocycles. The molecule has 7 nitrogen and oxygen atoms in total. The van der Waals surface area contributed by atoms with E-state index in [-0.39, 0.29) is 6.03 Å². The van der Waals surface area contributed by atoms with Crippen molar-refractivity contribution in [3.05, 3.63) is 18.7 Å². The van der Waals surface area contributed by atoms with Crippen LogP contribution in [0.2, 0.25) is 0 Å². The SMILES string of the molecule is O=C(O)C1CN(C(=O)NCCn2ccnc2)C1. The second-order valence-electron chi connectivity index (χ2n) is 3.97. The summed E-state index contributed by atoms with van der Waals surface area (Å²) in [4.78, 5) is 27.4. The Morgan fingerprint density at radius 2 is 2.24 bits per heavy atom. The highest BCUT2D eigenvalue weighted by molar-refractivity contribution is 5.79. The number of rotatable bonds is 4. The van der Waals surface area contributed by atoms with Gasteiger partial charge in [-0.1, -0.05) is 0 Å². The molecule has 0 radical (unpaired) electrons. The van der Waals surface area contributed by atoms with E-state index in [0.29, 0.717) is 26.2 Å². The largest absolute Gasteiger partial charge is 0.481 e. The van der Waals surface area contributed by atoms with Crippen molar-refractivity contribution in [2.75, 3.05) is 19.6 Å². The number of likely N-dealkylation sites (tertiary alicyclic amines) is 1. The van der Waals surface area contributed by atoms with Crippen LogP contribution in [-0.4, -0.2) is 51.2 Å². The van der Waals surface area contributed by atoms with Crippen molar-refractivity contribution in [1.82, 2.24) is 19.8 Å². The number of hydrogen-bond donors (Lipinski definition) is 2. The van der Waals surface area contributed by atoms with Gasteiger partial charge in [-0.3, -0.25) is 4.79 Å². The predicted molar refractivity (Wildman–Crippen MR) is 58.3 cm³/mol. The van der Waals surface area contributed by atoms with Gasteiger partial charge in [-0.25, -0.2) is 9.78 Å². The quantitative estimate of drug-likeness (QED) is 0.747.